The van der Waals surface area contributed by atoms with Crippen molar-refractivity contribution in [1.29, 1.82) is 0 Å². The molecule has 3 nitrogen and oxygen atoms in total. The highest BCUT2D eigenvalue weighted by molar-refractivity contribution is 7.27. The molecule has 27 rings (SSSR count). The number of anilines is 9. The second-order valence-electron chi connectivity index (χ2n) is 38.1. The first-order valence-corrected chi connectivity index (χ1v) is 49.9. The first-order valence-electron chi connectivity index (χ1n) is 47.5. The minimum Gasteiger partial charge on any atom is -0.310 e. The quantitative estimate of drug-likeness (QED) is 0.114. The zero-order chi connectivity index (χ0) is 91.8. The lowest BCUT2D eigenvalue weighted by atomic mass is 9.82. The predicted octanol–water partition coefficient (Wildman–Crippen LogP) is 38.5. The van der Waals surface area contributed by atoms with E-state index >= 15 is 0 Å². The minimum absolute atomic E-state index is 0.0190. The van der Waals surface area contributed by atoms with Gasteiger partial charge in [0.25, 0.3) is 0 Å². The second kappa shape index (κ2) is 33.4. The van der Waals surface area contributed by atoms with Gasteiger partial charge in [0, 0.05) is 107 Å². The van der Waals surface area contributed by atoms with Crippen LogP contribution in [0.3, 0.4) is 0 Å². The van der Waals surface area contributed by atoms with Gasteiger partial charge in [0.1, 0.15) is 0 Å². The lowest BCUT2D eigenvalue weighted by Gasteiger charge is -2.27. The number of para-hydroxylation sites is 2. The number of hydrogen-bond donors (Lipinski definition) is 0. The van der Waals surface area contributed by atoms with Crippen molar-refractivity contribution in [3.63, 3.8) is 0 Å². The van der Waals surface area contributed by atoms with E-state index in [0.29, 0.717) is 0 Å². The smallest absolute Gasteiger partial charge is 0.0640 e. The van der Waals surface area contributed by atoms with Gasteiger partial charge in [0.2, 0.25) is 0 Å². The Bertz CT molecular complexity index is 8750. The van der Waals surface area contributed by atoms with Gasteiger partial charge in [-0.3, -0.25) is 0 Å². The van der Waals surface area contributed by atoms with Gasteiger partial charge >= 0.3 is 0 Å². The van der Waals surface area contributed by atoms with Crippen LogP contribution in [0.5, 0.6) is 0 Å². The standard InChI is InChI=1S/C45H33NS.2C43H31NS/c1-45(2)38-18-10-9-16-36(38)42-39(45)28-29-41-43(42)37-17-11-19-40(44(37)47-41)46(34-24-20-32(21-25-34)30-12-5-3-6-13-30)35-26-22-33(23-27-35)31-14-7-4-8-15-31;1-43(2)36-17-9-8-15-34(36)40-37(43)25-26-39-41(40)35-16-10-18-38(42(35)45-39)44(32-13-4-3-5-14-32)33-23-21-29(22-24-33)31-20-19-28-11-6-7-12-30(28)27-31;1-43(2)37-23-22-34(27-36(37)41-38(43)24-25-40-42(41)35-14-8-9-15-39(35)45-40)44(32-12-4-3-5-13-32)33-20-18-29(19-21-33)31-17-16-28-10-6-7-11-30(28)26-31/h3-29H,1-2H3;2*3-27H,1-2H3. The minimum atomic E-state index is -0.0699. The highest BCUT2D eigenvalue weighted by atomic mass is 32.1. The molecule has 0 atom stereocenters. The number of benzene rings is 21. The van der Waals surface area contributed by atoms with Crippen molar-refractivity contribution < 1.29 is 0 Å². The molecule has 0 N–H and O–H groups in total. The van der Waals surface area contributed by atoms with Gasteiger partial charge in [-0.1, -0.05) is 375 Å². The van der Waals surface area contributed by atoms with E-state index in [1.807, 2.05) is 34.0 Å². The van der Waals surface area contributed by atoms with Gasteiger partial charge in [-0.25, -0.2) is 0 Å². The van der Waals surface area contributed by atoms with E-state index in [1.165, 1.54) is 210 Å². The molecule has 137 heavy (non-hydrogen) atoms. The Morgan fingerprint density at radius 1 is 0.175 bits per heavy atom. The van der Waals surface area contributed by atoms with Crippen molar-refractivity contribution in [2.45, 2.75) is 57.8 Å². The average Bonchev–Trinajstić information content (AvgIpc) is 1.54. The van der Waals surface area contributed by atoms with E-state index < -0.39 is 0 Å². The molecular formula is C131H95N3S3. The number of nitrogens with zero attached hydrogens (tertiary/aromatic N) is 3. The summed E-state index contributed by atoms with van der Waals surface area (Å²) in [5.41, 5.74) is 36.8. The summed E-state index contributed by atoms with van der Waals surface area (Å²) in [5.74, 6) is 0. The van der Waals surface area contributed by atoms with Crippen LogP contribution in [0.15, 0.2) is 467 Å². The Balaban J connectivity index is 0.000000109. The summed E-state index contributed by atoms with van der Waals surface area (Å²) in [4.78, 5) is 7.24. The molecule has 3 aromatic heterocycles. The van der Waals surface area contributed by atoms with E-state index in [1.54, 1.807) is 0 Å². The molecule has 6 heteroatoms. The largest absolute Gasteiger partial charge is 0.310 e. The third-order valence-corrected chi connectivity index (χ3v) is 32.7. The van der Waals surface area contributed by atoms with Gasteiger partial charge in [-0.05, 0) is 266 Å². The fraction of sp³-hybridized carbons (Fsp3) is 0.0687. The molecule has 0 spiro atoms. The van der Waals surface area contributed by atoms with Crippen LogP contribution in [0, 0.1) is 0 Å². The lowest BCUT2D eigenvalue weighted by Crippen LogP contribution is -2.15. The van der Waals surface area contributed by atoms with Crippen molar-refractivity contribution in [3.8, 4) is 77.9 Å². The van der Waals surface area contributed by atoms with Crippen molar-refractivity contribution in [2.24, 2.45) is 0 Å². The van der Waals surface area contributed by atoms with Crippen molar-refractivity contribution in [3.05, 3.63) is 500 Å². The van der Waals surface area contributed by atoms with Crippen LogP contribution in [-0.4, -0.2) is 0 Å². The summed E-state index contributed by atoms with van der Waals surface area (Å²) in [6.45, 7) is 14.2. The SMILES string of the molecule is CC1(C)c2ccc(N(c3ccccc3)c3ccc(-c4ccc5ccccc5c4)cc3)cc2-c2c1ccc1sc3ccccc3c21.CC1(C)c2ccccc2-c2c1ccc1sc3c(N(c4ccc(-c5ccccc5)cc4)c4ccc(-c5ccccc5)cc4)cccc3c21.CC1(C)c2ccccc2-c2c1ccc1sc3c(N(c4ccccc4)c4ccc(-c5ccc6ccccc6c5)cc4)cccc3c21. The summed E-state index contributed by atoms with van der Waals surface area (Å²) in [7, 11) is 0. The summed E-state index contributed by atoms with van der Waals surface area (Å²) in [6, 6.07) is 171. The first kappa shape index (κ1) is 83.1. The lowest BCUT2D eigenvalue weighted by molar-refractivity contribution is 0.661. The number of hydrogen-bond acceptors (Lipinski definition) is 6. The maximum Gasteiger partial charge on any atom is 0.0640 e. The summed E-state index contributed by atoms with van der Waals surface area (Å²) >= 11 is 5.71. The Hall–Kier alpha value is -15.8. The van der Waals surface area contributed by atoms with Crippen LogP contribution in [-0.2, 0) is 16.2 Å². The fourth-order valence-electron chi connectivity index (χ4n) is 22.3. The molecule has 0 bridgehead atoms. The third kappa shape index (κ3) is 14.1. The molecule has 0 radical (unpaired) electrons. The second-order valence-corrected chi connectivity index (χ2v) is 41.3. The zero-order valence-electron chi connectivity index (χ0n) is 77.0. The Morgan fingerprint density at radius 3 is 0.920 bits per heavy atom. The van der Waals surface area contributed by atoms with Crippen LogP contribution < -0.4 is 14.7 Å². The summed E-state index contributed by atoms with van der Waals surface area (Å²) in [6.07, 6.45) is 0. The monoisotopic (exact) mass is 1810 g/mol. The van der Waals surface area contributed by atoms with Gasteiger partial charge in [-0.2, -0.15) is 0 Å². The Morgan fingerprint density at radius 2 is 0.474 bits per heavy atom. The molecule has 0 saturated heterocycles. The van der Waals surface area contributed by atoms with Crippen molar-refractivity contribution in [1.82, 2.24) is 0 Å². The number of thiophene rings is 3. The molecule has 21 aromatic carbocycles. The van der Waals surface area contributed by atoms with Gasteiger partial charge < -0.3 is 14.7 Å². The molecule has 0 unspecified atom stereocenters. The Labute approximate surface area is 811 Å². The van der Waals surface area contributed by atoms with Crippen LogP contribution in [0.4, 0.5) is 51.2 Å². The van der Waals surface area contributed by atoms with Gasteiger partial charge in [0.05, 0.1) is 20.8 Å². The highest BCUT2D eigenvalue weighted by Crippen LogP contribution is 2.60. The third-order valence-electron chi connectivity index (χ3n) is 29.2. The Kier molecular flexibility index (Phi) is 20.2. The first-order chi connectivity index (χ1) is 67.2. The molecule has 3 aliphatic carbocycles. The van der Waals surface area contributed by atoms with E-state index in [0.717, 1.165) is 34.1 Å². The normalized spacial score (nSPS) is 13.2. The van der Waals surface area contributed by atoms with Crippen LogP contribution in [0.2, 0.25) is 0 Å². The van der Waals surface area contributed by atoms with E-state index in [9.17, 15) is 0 Å². The molecule has 0 fully saturated rings. The highest BCUT2D eigenvalue weighted by Gasteiger charge is 2.41. The van der Waals surface area contributed by atoms with Crippen LogP contribution in [0.25, 0.3) is 160 Å². The molecule has 0 amide bonds. The topological polar surface area (TPSA) is 9.72 Å². The zero-order valence-corrected chi connectivity index (χ0v) is 79.5. The summed E-state index contributed by atoms with van der Waals surface area (Å²) in [5, 5.41) is 13.2. The van der Waals surface area contributed by atoms with Crippen molar-refractivity contribution >= 4 is 167 Å². The van der Waals surface area contributed by atoms with Crippen molar-refractivity contribution in [2.75, 3.05) is 14.7 Å². The molecule has 24 aromatic rings. The molecule has 0 aliphatic heterocycles. The maximum atomic E-state index is 2.43. The van der Waals surface area contributed by atoms with Gasteiger partial charge in [-0.15, -0.1) is 34.0 Å². The maximum absolute atomic E-state index is 2.43. The van der Waals surface area contributed by atoms with E-state index in [4.69, 9.17) is 0 Å². The predicted molar refractivity (Wildman–Crippen MR) is 591 cm³/mol. The van der Waals surface area contributed by atoms with E-state index in [2.05, 4.69) is 523 Å². The van der Waals surface area contributed by atoms with Crippen LogP contribution in [0.1, 0.15) is 74.9 Å². The molecule has 0 saturated carbocycles. The molecule has 3 aliphatic rings. The molecular weight excluding hydrogens is 1710 g/mol. The molecule has 652 valence electrons. The van der Waals surface area contributed by atoms with Crippen LogP contribution >= 0.6 is 34.0 Å². The number of rotatable bonds is 13. The summed E-state index contributed by atoms with van der Waals surface area (Å²) < 4.78 is 7.98. The fourth-order valence-corrected chi connectivity index (χ4v) is 25.9. The molecule has 3 heterocycles. The van der Waals surface area contributed by atoms with Gasteiger partial charge in [0.15, 0.2) is 0 Å². The number of fused-ring (bicyclic) bond motifs is 23. The average molecular weight is 1810 g/mol. The van der Waals surface area contributed by atoms with E-state index in [-0.39, 0.29) is 16.2 Å².